The molecule has 2 heterocycles. The van der Waals surface area contributed by atoms with Crippen LogP contribution in [0.5, 0.6) is 0 Å². The summed E-state index contributed by atoms with van der Waals surface area (Å²) in [6.45, 7) is 0.246. The van der Waals surface area contributed by atoms with Crippen molar-refractivity contribution >= 4 is 33.7 Å². The van der Waals surface area contributed by atoms with Crippen molar-refractivity contribution in [3.05, 3.63) is 63.2 Å². The predicted octanol–water partition coefficient (Wildman–Crippen LogP) is 2.27. The number of aromatic nitrogens is 1. The lowest BCUT2D eigenvalue weighted by atomic mass is 10.0. The maximum atomic E-state index is 12.4. The average molecular weight is 313 g/mol. The number of thiophene rings is 1. The van der Waals surface area contributed by atoms with E-state index >= 15 is 0 Å². The average Bonchev–Trinajstić information content (AvgIpc) is 3.02. The van der Waals surface area contributed by atoms with Crippen LogP contribution in [-0.2, 0) is 4.79 Å². The molecule has 0 aliphatic heterocycles. The molecule has 3 aromatic rings. The summed E-state index contributed by atoms with van der Waals surface area (Å²) in [5.41, 5.74) is 7.15. The van der Waals surface area contributed by atoms with Gasteiger partial charge < -0.3 is 16.0 Å². The second kappa shape index (κ2) is 6.13. The number of rotatable bonds is 4. The fraction of sp³-hybridized carbons (Fsp3) is 0.125. The molecule has 4 N–H and O–H groups in total. The second-order valence-electron chi connectivity index (χ2n) is 4.94. The largest absolute Gasteiger partial charge is 0.329 e. The molecule has 0 fully saturated rings. The van der Waals surface area contributed by atoms with Crippen molar-refractivity contribution in [1.82, 2.24) is 4.98 Å². The summed E-state index contributed by atoms with van der Waals surface area (Å²) in [7, 11) is 0. The molecule has 0 aliphatic rings. The summed E-state index contributed by atoms with van der Waals surface area (Å²) in [4.78, 5) is 26.7. The fourth-order valence-electron chi connectivity index (χ4n) is 2.37. The Hall–Kier alpha value is -2.44. The summed E-state index contributed by atoms with van der Waals surface area (Å²) >= 11 is 1.54. The maximum absolute atomic E-state index is 12.4. The zero-order chi connectivity index (χ0) is 15.5. The Morgan fingerprint density at radius 3 is 2.91 bits per heavy atom. The van der Waals surface area contributed by atoms with Crippen LogP contribution in [-0.4, -0.2) is 17.4 Å². The van der Waals surface area contributed by atoms with Crippen LogP contribution in [0.2, 0.25) is 0 Å². The number of fused-ring (bicyclic) bond motifs is 1. The minimum absolute atomic E-state index is 0.145. The SMILES string of the molecule is NCC(C(=O)Nc1ccc2c(=O)[nH]ccc2c1)c1ccsc1. The van der Waals surface area contributed by atoms with Gasteiger partial charge in [-0.15, -0.1) is 0 Å². The van der Waals surface area contributed by atoms with E-state index in [-0.39, 0.29) is 23.9 Å². The number of carbonyl (C=O) groups excluding carboxylic acids is 1. The molecule has 1 atom stereocenters. The summed E-state index contributed by atoms with van der Waals surface area (Å²) in [5, 5.41) is 8.09. The van der Waals surface area contributed by atoms with E-state index in [2.05, 4.69) is 10.3 Å². The number of hydrogen-bond donors (Lipinski definition) is 3. The van der Waals surface area contributed by atoms with Crippen LogP contribution >= 0.6 is 11.3 Å². The first-order chi connectivity index (χ1) is 10.7. The molecule has 3 rings (SSSR count). The molecule has 2 aromatic heterocycles. The lowest BCUT2D eigenvalue weighted by Crippen LogP contribution is -2.27. The Labute approximate surface area is 130 Å². The minimum atomic E-state index is -0.374. The standard InChI is InChI=1S/C16H15N3O2S/c17-8-14(11-4-6-22-9-11)16(21)19-12-1-2-13-10(7-12)3-5-18-15(13)20/h1-7,9,14H,8,17H2,(H,18,20)(H,19,21). The van der Waals surface area contributed by atoms with Gasteiger partial charge in [0.2, 0.25) is 5.91 Å². The lowest BCUT2D eigenvalue weighted by molar-refractivity contribution is -0.117. The molecule has 1 aromatic carbocycles. The van der Waals surface area contributed by atoms with E-state index in [1.54, 1.807) is 30.5 Å². The number of anilines is 1. The van der Waals surface area contributed by atoms with E-state index in [1.807, 2.05) is 16.8 Å². The number of amides is 1. The number of hydrogen-bond acceptors (Lipinski definition) is 4. The summed E-state index contributed by atoms with van der Waals surface area (Å²) in [5.74, 6) is -0.522. The van der Waals surface area contributed by atoms with Gasteiger partial charge in [-0.3, -0.25) is 9.59 Å². The maximum Gasteiger partial charge on any atom is 0.255 e. The molecule has 0 spiro atoms. The smallest absolute Gasteiger partial charge is 0.255 e. The van der Waals surface area contributed by atoms with Gasteiger partial charge in [-0.1, -0.05) is 0 Å². The molecule has 5 nitrogen and oxygen atoms in total. The van der Waals surface area contributed by atoms with Crippen molar-refractivity contribution in [2.75, 3.05) is 11.9 Å². The van der Waals surface area contributed by atoms with E-state index in [9.17, 15) is 9.59 Å². The summed E-state index contributed by atoms with van der Waals surface area (Å²) < 4.78 is 0. The molecule has 1 unspecified atom stereocenters. The van der Waals surface area contributed by atoms with Gasteiger partial charge in [-0.25, -0.2) is 0 Å². The Bertz CT molecular complexity index is 855. The third-order valence-electron chi connectivity index (χ3n) is 3.54. The lowest BCUT2D eigenvalue weighted by Gasteiger charge is -2.14. The van der Waals surface area contributed by atoms with Gasteiger partial charge in [-0.2, -0.15) is 11.3 Å². The molecular weight excluding hydrogens is 298 g/mol. The molecular formula is C16H15N3O2S. The Morgan fingerprint density at radius 2 is 2.18 bits per heavy atom. The van der Waals surface area contributed by atoms with Crippen LogP contribution in [0, 0.1) is 0 Å². The summed E-state index contributed by atoms with van der Waals surface area (Å²) in [6, 6.07) is 8.90. The highest BCUT2D eigenvalue weighted by Gasteiger charge is 2.19. The normalized spacial score (nSPS) is 12.2. The number of aromatic amines is 1. The van der Waals surface area contributed by atoms with Crippen LogP contribution in [0.1, 0.15) is 11.5 Å². The zero-order valence-corrected chi connectivity index (χ0v) is 12.5. The first kappa shape index (κ1) is 14.5. The van der Waals surface area contributed by atoms with Gasteiger partial charge in [0.1, 0.15) is 0 Å². The quantitative estimate of drug-likeness (QED) is 0.690. The highest BCUT2D eigenvalue weighted by atomic mass is 32.1. The molecule has 0 bridgehead atoms. The van der Waals surface area contributed by atoms with Crippen LogP contribution in [0.25, 0.3) is 10.8 Å². The van der Waals surface area contributed by atoms with E-state index in [0.29, 0.717) is 11.1 Å². The molecule has 0 radical (unpaired) electrons. The highest BCUT2D eigenvalue weighted by molar-refractivity contribution is 7.08. The summed E-state index contributed by atoms with van der Waals surface area (Å²) in [6.07, 6.45) is 1.59. The Balaban J connectivity index is 1.86. The van der Waals surface area contributed by atoms with E-state index in [0.717, 1.165) is 10.9 Å². The third kappa shape index (κ3) is 2.79. The van der Waals surface area contributed by atoms with Gasteiger partial charge >= 0.3 is 0 Å². The number of nitrogens with two attached hydrogens (primary N) is 1. The monoisotopic (exact) mass is 313 g/mol. The molecule has 22 heavy (non-hydrogen) atoms. The van der Waals surface area contributed by atoms with Crippen molar-refractivity contribution in [2.45, 2.75) is 5.92 Å². The van der Waals surface area contributed by atoms with Crippen molar-refractivity contribution in [3.63, 3.8) is 0 Å². The van der Waals surface area contributed by atoms with Crippen molar-refractivity contribution in [3.8, 4) is 0 Å². The van der Waals surface area contributed by atoms with Crippen molar-refractivity contribution in [1.29, 1.82) is 0 Å². The zero-order valence-electron chi connectivity index (χ0n) is 11.7. The van der Waals surface area contributed by atoms with Gasteiger partial charge in [0, 0.05) is 23.8 Å². The van der Waals surface area contributed by atoms with Gasteiger partial charge in [-0.05, 0) is 52.0 Å². The van der Waals surface area contributed by atoms with Gasteiger partial charge in [0.25, 0.3) is 5.56 Å². The minimum Gasteiger partial charge on any atom is -0.329 e. The first-order valence-electron chi connectivity index (χ1n) is 6.83. The number of nitrogens with one attached hydrogen (secondary N) is 2. The second-order valence-corrected chi connectivity index (χ2v) is 5.72. The van der Waals surface area contributed by atoms with Gasteiger partial charge in [0.05, 0.1) is 5.92 Å². The molecule has 0 saturated heterocycles. The van der Waals surface area contributed by atoms with Crippen LogP contribution < -0.4 is 16.6 Å². The van der Waals surface area contributed by atoms with E-state index in [1.165, 1.54) is 11.3 Å². The highest BCUT2D eigenvalue weighted by Crippen LogP contribution is 2.21. The Kier molecular flexibility index (Phi) is 4.04. The number of benzene rings is 1. The molecule has 0 aliphatic carbocycles. The molecule has 1 amide bonds. The van der Waals surface area contributed by atoms with Gasteiger partial charge in [0.15, 0.2) is 0 Å². The topological polar surface area (TPSA) is 88.0 Å². The number of carbonyl (C=O) groups is 1. The van der Waals surface area contributed by atoms with Crippen molar-refractivity contribution in [2.24, 2.45) is 5.73 Å². The van der Waals surface area contributed by atoms with Crippen LogP contribution in [0.4, 0.5) is 5.69 Å². The van der Waals surface area contributed by atoms with Crippen molar-refractivity contribution < 1.29 is 4.79 Å². The first-order valence-corrected chi connectivity index (χ1v) is 7.78. The Morgan fingerprint density at radius 1 is 1.32 bits per heavy atom. The van der Waals surface area contributed by atoms with Crippen LogP contribution in [0.3, 0.4) is 0 Å². The molecule has 0 saturated carbocycles. The van der Waals surface area contributed by atoms with E-state index in [4.69, 9.17) is 5.73 Å². The number of pyridine rings is 1. The third-order valence-corrected chi connectivity index (χ3v) is 4.24. The molecule has 6 heteroatoms. The molecule has 112 valence electrons. The van der Waals surface area contributed by atoms with E-state index < -0.39 is 0 Å². The van der Waals surface area contributed by atoms with Crippen LogP contribution in [0.15, 0.2) is 52.1 Å². The predicted molar refractivity (Wildman–Crippen MR) is 89.3 cm³/mol. The fourth-order valence-corrected chi connectivity index (χ4v) is 3.08. The number of H-pyrrole nitrogens is 1.